The normalized spacial score (nSPS) is 12.9. The summed E-state index contributed by atoms with van der Waals surface area (Å²) in [4.78, 5) is 16.1. The lowest BCUT2D eigenvalue weighted by atomic mass is 9.95. The first-order valence-corrected chi connectivity index (χ1v) is 6.00. The van der Waals surface area contributed by atoms with Gasteiger partial charge in [0, 0.05) is 17.3 Å². The van der Waals surface area contributed by atoms with Gasteiger partial charge in [-0.15, -0.1) is 0 Å². The zero-order valence-electron chi connectivity index (χ0n) is 10.4. The third-order valence-electron chi connectivity index (χ3n) is 2.72. The van der Waals surface area contributed by atoms with Gasteiger partial charge in [0.05, 0.1) is 7.11 Å². The minimum Gasteiger partial charge on any atom is -0.468 e. The summed E-state index contributed by atoms with van der Waals surface area (Å²) < 4.78 is 6.39. The average molecular weight is 268 g/mol. The highest BCUT2D eigenvalue weighted by atomic mass is 35.5. The number of methoxy groups -OCH3 is 1. The minimum absolute atomic E-state index is 0.0605. The molecule has 0 amide bonds. The molecule has 0 aliphatic rings. The number of esters is 1. The van der Waals surface area contributed by atoms with E-state index in [4.69, 9.17) is 16.3 Å². The molecule has 2 aromatic rings. The van der Waals surface area contributed by atoms with E-state index in [2.05, 4.69) is 10.1 Å². The van der Waals surface area contributed by atoms with Crippen molar-refractivity contribution in [2.45, 2.75) is 19.8 Å². The van der Waals surface area contributed by atoms with Gasteiger partial charge >= 0.3 is 5.97 Å². The van der Waals surface area contributed by atoms with Crippen LogP contribution in [0.3, 0.4) is 0 Å². The van der Waals surface area contributed by atoms with Crippen LogP contribution < -0.4 is 0 Å². The number of halogens is 1. The van der Waals surface area contributed by atoms with E-state index in [1.54, 1.807) is 22.8 Å². The Morgan fingerprint density at radius 3 is 2.83 bits per heavy atom. The lowest BCUT2D eigenvalue weighted by Crippen LogP contribution is -2.21. The lowest BCUT2D eigenvalue weighted by molar-refractivity contribution is -0.143. The second kappa shape index (κ2) is 4.94. The number of carbonyl (C=O) groups is 1. The molecule has 18 heavy (non-hydrogen) atoms. The molecule has 0 saturated heterocycles. The van der Waals surface area contributed by atoms with Crippen LogP contribution in [0.5, 0.6) is 0 Å². The smallest absolute Gasteiger partial charge is 0.316 e. The summed E-state index contributed by atoms with van der Waals surface area (Å²) in [6, 6.07) is 3.42. The Bertz CT molecular complexity index is 580. The number of nitrogens with zero attached hydrogens (tertiary/aromatic N) is 3. The highest BCUT2D eigenvalue weighted by molar-refractivity contribution is 6.30. The summed E-state index contributed by atoms with van der Waals surface area (Å²) in [5, 5.41) is 4.87. The van der Waals surface area contributed by atoms with Gasteiger partial charge in [0.1, 0.15) is 5.92 Å². The Morgan fingerprint density at radius 2 is 2.22 bits per heavy atom. The number of aromatic nitrogens is 3. The van der Waals surface area contributed by atoms with Crippen LogP contribution in [-0.2, 0) is 9.53 Å². The number of rotatable bonds is 3. The molecule has 1 unspecified atom stereocenters. The van der Waals surface area contributed by atoms with Crippen molar-refractivity contribution in [3.63, 3.8) is 0 Å². The predicted octanol–water partition coefficient (Wildman–Crippen LogP) is 2.30. The maximum atomic E-state index is 11.8. The fourth-order valence-electron chi connectivity index (χ4n) is 1.81. The van der Waals surface area contributed by atoms with E-state index in [0.29, 0.717) is 16.5 Å². The Morgan fingerprint density at radius 1 is 1.50 bits per heavy atom. The molecule has 0 aliphatic carbocycles. The zero-order valence-corrected chi connectivity index (χ0v) is 11.2. The first-order chi connectivity index (χ1) is 8.52. The number of hydrogen-bond donors (Lipinski definition) is 0. The van der Waals surface area contributed by atoms with Crippen molar-refractivity contribution in [2.24, 2.45) is 5.92 Å². The average Bonchev–Trinajstić information content (AvgIpc) is 2.70. The molecule has 0 fully saturated rings. The van der Waals surface area contributed by atoms with Crippen molar-refractivity contribution >= 4 is 23.2 Å². The van der Waals surface area contributed by atoms with E-state index in [9.17, 15) is 4.79 Å². The first-order valence-electron chi connectivity index (χ1n) is 5.62. The van der Waals surface area contributed by atoms with Crippen LogP contribution in [0.1, 0.15) is 25.6 Å². The van der Waals surface area contributed by atoms with Crippen LogP contribution in [0.4, 0.5) is 0 Å². The third-order valence-corrected chi connectivity index (χ3v) is 2.95. The van der Waals surface area contributed by atoms with Crippen molar-refractivity contribution in [1.29, 1.82) is 0 Å². The van der Waals surface area contributed by atoms with Gasteiger partial charge in [0.25, 0.3) is 0 Å². The van der Waals surface area contributed by atoms with E-state index < -0.39 is 5.92 Å². The van der Waals surface area contributed by atoms with Crippen LogP contribution in [0.2, 0.25) is 5.02 Å². The number of ether oxygens (including phenoxy) is 1. The maximum Gasteiger partial charge on any atom is 0.316 e. The van der Waals surface area contributed by atoms with Gasteiger partial charge in [-0.2, -0.15) is 5.10 Å². The van der Waals surface area contributed by atoms with Gasteiger partial charge in [-0.3, -0.25) is 4.79 Å². The van der Waals surface area contributed by atoms with E-state index in [-0.39, 0.29) is 11.9 Å². The Hall–Kier alpha value is -1.62. The second-order valence-corrected chi connectivity index (χ2v) is 4.80. The predicted molar refractivity (Wildman–Crippen MR) is 67.6 cm³/mol. The third kappa shape index (κ3) is 2.31. The first kappa shape index (κ1) is 12.8. The molecule has 0 radical (unpaired) electrons. The standard InChI is InChI=1S/C12H14ClN3O2/c1-7(2)10(12(17)18-3)11-14-9-6-8(13)4-5-16(9)15-11/h4-7,10H,1-3H3. The quantitative estimate of drug-likeness (QED) is 0.801. The van der Waals surface area contributed by atoms with Crippen molar-refractivity contribution in [2.75, 3.05) is 7.11 Å². The Labute approximate surface area is 110 Å². The second-order valence-electron chi connectivity index (χ2n) is 4.36. The topological polar surface area (TPSA) is 56.5 Å². The largest absolute Gasteiger partial charge is 0.468 e. The fraction of sp³-hybridized carbons (Fsp3) is 0.417. The van der Waals surface area contributed by atoms with Gasteiger partial charge in [-0.05, 0) is 12.0 Å². The van der Waals surface area contributed by atoms with E-state index in [0.717, 1.165) is 0 Å². The molecule has 0 N–H and O–H groups in total. The molecule has 96 valence electrons. The maximum absolute atomic E-state index is 11.8. The molecule has 1 atom stereocenters. The van der Waals surface area contributed by atoms with Gasteiger partial charge in [0.2, 0.25) is 0 Å². The SMILES string of the molecule is COC(=O)C(c1nc2cc(Cl)ccn2n1)C(C)C. The van der Waals surface area contributed by atoms with E-state index in [1.165, 1.54) is 7.11 Å². The highest BCUT2D eigenvalue weighted by Gasteiger charge is 2.29. The minimum atomic E-state index is -0.464. The van der Waals surface area contributed by atoms with E-state index >= 15 is 0 Å². The molecule has 5 nitrogen and oxygen atoms in total. The summed E-state index contributed by atoms with van der Waals surface area (Å²) in [7, 11) is 1.37. The number of hydrogen-bond acceptors (Lipinski definition) is 4. The summed E-state index contributed by atoms with van der Waals surface area (Å²) >= 11 is 5.89. The van der Waals surface area contributed by atoms with Gasteiger partial charge in [-0.1, -0.05) is 25.4 Å². The van der Waals surface area contributed by atoms with Crippen LogP contribution in [0.25, 0.3) is 5.65 Å². The Balaban J connectivity index is 2.48. The monoisotopic (exact) mass is 267 g/mol. The molecule has 0 spiro atoms. The van der Waals surface area contributed by atoms with Crippen molar-refractivity contribution in [1.82, 2.24) is 14.6 Å². The summed E-state index contributed by atoms with van der Waals surface area (Å²) in [5.41, 5.74) is 0.618. The molecule has 0 bridgehead atoms. The number of pyridine rings is 1. The summed E-state index contributed by atoms with van der Waals surface area (Å²) in [6.45, 7) is 3.86. The van der Waals surface area contributed by atoms with Crippen LogP contribution in [-0.4, -0.2) is 27.7 Å². The van der Waals surface area contributed by atoms with Gasteiger partial charge < -0.3 is 4.74 Å². The Kier molecular flexibility index (Phi) is 3.52. The van der Waals surface area contributed by atoms with Crippen LogP contribution >= 0.6 is 11.6 Å². The van der Waals surface area contributed by atoms with Crippen LogP contribution in [0.15, 0.2) is 18.3 Å². The lowest BCUT2D eigenvalue weighted by Gasteiger charge is -2.14. The van der Waals surface area contributed by atoms with Gasteiger partial charge in [0.15, 0.2) is 11.5 Å². The molecule has 0 saturated carbocycles. The number of fused-ring (bicyclic) bond motifs is 1. The van der Waals surface area contributed by atoms with Crippen molar-refractivity contribution in [3.8, 4) is 0 Å². The molecular formula is C12H14ClN3O2. The van der Waals surface area contributed by atoms with Gasteiger partial charge in [-0.25, -0.2) is 9.50 Å². The molecule has 2 rings (SSSR count). The molecule has 2 aromatic heterocycles. The summed E-state index contributed by atoms with van der Waals surface area (Å²) in [6.07, 6.45) is 1.71. The molecule has 0 aromatic carbocycles. The molecule has 2 heterocycles. The molecule has 6 heteroatoms. The highest BCUT2D eigenvalue weighted by Crippen LogP contribution is 2.24. The molecule has 0 aliphatic heterocycles. The number of carbonyl (C=O) groups excluding carboxylic acids is 1. The zero-order chi connectivity index (χ0) is 13.3. The molecular weight excluding hydrogens is 254 g/mol. The van der Waals surface area contributed by atoms with Crippen molar-refractivity contribution in [3.05, 3.63) is 29.2 Å². The summed E-state index contributed by atoms with van der Waals surface area (Å²) in [5.74, 6) is -0.273. The van der Waals surface area contributed by atoms with Crippen molar-refractivity contribution < 1.29 is 9.53 Å². The van der Waals surface area contributed by atoms with E-state index in [1.807, 2.05) is 13.8 Å². The van der Waals surface area contributed by atoms with Crippen LogP contribution in [0, 0.1) is 5.92 Å². The fourth-order valence-corrected chi connectivity index (χ4v) is 1.96.